The van der Waals surface area contributed by atoms with Crippen molar-refractivity contribution >= 4 is 6.09 Å². The van der Waals surface area contributed by atoms with Crippen molar-refractivity contribution in [1.82, 2.24) is 25.0 Å². The highest BCUT2D eigenvalue weighted by Crippen LogP contribution is 2.23. The van der Waals surface area contributed by atoms with E-state index in [1.165, 1.54) is 11.1 Å². The van der Waals surface area contributed by atoms with Crippen molar-refractivity contribution in [3.63, 3.8) is 0 Å². The van der Waals surface area contributed by atoms with Crippen LogP contribution in [0.3, 0.4) is 0 Å². The van der Waals surface area contributed by atoms with Crippen molar-refractivity contribution in [1.29, 1.82) is 0 Å². The fourth-order valence-electron chi connectivity index (χ4n) is 3.54. The van der Waals surface area contributed by atoms with E-state index in [0.29, 0.717) is 0 Å². The van der Waals surface area contributed by atoms with E-state index in [4.69, 9.17) is 4.74 Å². The lowest BCUT2D eigenvalue weighted by molar-refractivity contribution is 0.0200. The second kappa shape index (κ2) is 8.73. The van der Waals surface area contributed by atoms with E-state index in [0.717, 1.165) is 32.5 Å². The van der Waals surface area contributed by atoms with E-state index in [-0.39, 0.29) is 18.2 Å². The van der Waals surface area contributed by atoms with Crippen LogP contribution >= 0.6 is 0 Å². The van der Waals surface area contributed by atoms with Crippen LogP contribution in [0.4, 0.5) is 4.79 Å². The maximum Gasteiger partial charge on any atom is 0.410 e. The van der Waals surface area contributed by atoms with Crippen molar-refractivity contribution in [3.05, 3.63) is 48.0 Å². The molecule has 1 aromatic heterocycles. The molecule has 0 spiro atoms. The van der Waals surface area contributed by atoms with Gasteiger partial charge in [-0.15, -0.1) is 0 Å². The summed E-state index contributed by atoms with van der Waals surface area (Å²) in [5.41, 5.74) is 1.94. The smallest absolute Gasteiger partial charge is 0.410 e. The lowest BCUT2D eigenvalue weighted by Gasteiger charge is -2.32. The Hall–Kier alpha value is -2.41. The molecule has 1 aliphatic heterocycles. The summed E-state index contributed by atoms with van der Waals surface area (Å²) in [6.45, 7) is 10.1. The van der Waals surface area contributed by atoms with E-state index in [1.54, 1.807) is 17.3 Å². The SMILES string of the molecule is C[C@@H](NCc1ccc(Cn2cncn2)cc1)[C@H]1CCCN1C(=O)OC(C)(C)C. The van der Waals surface area contributed by atoms with Crippen molar-refractivity contribution < 1.29 is 9.53 Å². The van der Waals surface area contributed by atoms with Crippen LogP contribution in [0.1, 0.15) is 51.7 Å². The number of amides is 1. The third-order valence-corrected chi connectivity index (χ3v) is 4.97. The average molecular weight is 386 g/mol. The quantitative estimate of drug-likeness (QED) is 0.827. The lowest BCUT2D eigenvalue weighted by atomic mass is 10.1. The zero-order valence-electron chi connectivity index (χ0n) is 17.3. The highest BCUT2D eigenvalue weighted by atomic mass is 16.6. The minimum Gasteiger partial charge on any atom is -0.444 e. The molecular weight excluding hydrogens is 354 g/mol. The molecule has 0 bridgehead atoms. The molecule has 152 valence electrons. The Morgan fingerprint density at radius 2 is 2.00 bits per heavy atom. The summed E-state index contributed by atoms with van der Waals surface area (Å²) in [5.74, 6) is 0. The number of aromatic nitrogens is 3. The number of likely N-dealkylation sites (tertiary alicyclic amines) is 1. The van der Waals surface area contributed by atoms with E-state index in [1.807, 2.05) is 25.7 Å². The molecule has 1 N–H and O–H groups in total. The maximum atomic E-state index is 12.5. The van der Waals surface area contributed by atoms with Crippen LogP contribution in [-0.4, -0.2) is 50.0 Å². The topological polar surface area (TPSA) is 72.3 Å². The Labute approximate surface area is 167 Å². The molecule has 2 heterocycles. The second-order valence-electron chi connectivity index (χ2n) is 8.46. The van der Waals surface area contributed by atoms with E-state index in [9.17, 15) is 4.79 Å². The molecule has 28 heavy (non-hydrogen) atoms. The van der Waals surface area contributed by atoms with Gasteiger partial charge in [-0.3, -0.25) is 0 Å². The number of nitrogens with one attached hydrogen (secondary N) is 1. The summed E-state index contributed by atoms with van der Waals surface area (Å²) < 4.78 is 7.37. The van der Waals surface area contributed by atoms with Gasteiger partial charge in [-0.2, -0.15) is 5.10 Å². The number of rotatable bonds is 6. The van der Waals surface area contributed by atoms with E-state index in [2.05, 4.69) is 46.6 Å². The van der Waals surface area contributed by atoms with Gasteiger partial charge >= 0.3 is 6.09 Å². The Balaban J connectivity index is 1.51. The van der Waals surface area contributed by atoms with Gasteiger partial charge in [-0.25, -0.2) is 14.5 Å². The summed E-state index contributed by atoms with van der Waals surface area (Å²) in [5, 5.41) is 7.71. The van der Waals surface area contributed by atoms with Gasteiger partial charge in [-0.05, 0) is 51.7 Å². The van der Waals surface area contributed by atoms with Crippen molar-refractivity contribution in [2.45, 2.75) is 71.3 Å². The molecule has 1 saturated heterocycles. The predicted octanol–water partition coefficient (Wildman–Crippen LogP) is 3.20. The van der Waals surface area contributed by atoms with E-state index >= 15 is 0 Å². The van der Waals surface area contributed by atoms with Crippen LogP contribution in [0, 0.1) is 0 Å². The van der Waals surface area contributed by atoms with Crippen LogP contribution in [0.5, 0.6) is 0 Å². The number of benzene rings is 1. The Kier molecular flexibility index (Phi) is 6.34. The van der Waals surface area contributed by atoms with Crippen molar-refractivity contribution in [2.75, 3.05) is 6.54 Å². The minimum atomic E-state index is -0.463. The number of nitrogens with zero attached hydrogens (tertiary/aromatic N) is 4. The Morgan fingerprint density at radius 1 is 1.29 bits per heavy atom. The van der Waals surface area contributed by atoms with Crippen molar-refractivity contribution in [2.24, 2.45) is 0 Å². The molecule has 0 saturated carbocycles. The third-order valence-electron chi connectivity index (χ3n) is 4.97. The number of carbonyl (C=O) groups is 1. The van der Waals surface area contributed by atoms with Gasteiger partial charge in [0.05, 0.1) is 12.6 Å². The first-order valence-corrected chi connectivity index (χ1v) is 9.95. The number of hydrogen-bond donors (Lipinski definition) is 1. The Bertz CT molecular complexity index is 752. The van der Waals surface area contributed by atoms with Crippen LogP contribution in [0.25, 0.3) is 0 Å². The van der Waals surface area contributed by atoms with Crippen molar-refractivity contribution in [3.8, 4) is 0 Å². The molecule has 7 heteroatoms. The summed E-state index contributed by atoms with van der Waals surface area (Å²) in [6.07, 6.45) is 5.08. The molecule has 1 aromatic carbocycles. The third kappa shape index (κ3) is 5.55. The number of carbonyl (C=O) groups excluding carboxylic acids is 1. The molecule has 1 amide bonds. The van der Waals surface area contributed by atoms with Gasteiger partial charge in [0.15, 0.2) is 0 Å². The van der Waals surface area contributed by atoms with Crippen LogP contribution in [0.15, 0.2) is 36.9 Å². The van der Waals surface area contributed by atoms with Gasteiger partial charge in [0.2, 0.25) is 0 Å². The molecular formula is C21H31N5O2. The van der Waals surface area contributed by atoms with Gasteiger partial charge in [0, 0.05) is 19.1 Å². The molecule has 3 rings (SSSR count). The van der Waals surface area contributed by atoms with Crippen LogP contribution in [-0.2, 0) is 17.8 Å². The van der Waals surface area contributed by atoms with Gasteiger partial charge in [0.1, 0.15) is 18.3 Å². The normalized spacial score (nSPS) is 18.3. The molecule has 2 atom stereocenters. The highest BCUT2D eigenvalue weighted by Gasteiger charge is 2.35. The lowest BCUT2D eigenvalue weighted by Crippen LogP contribution is -2.48. The number of ether oxygens (including phenoxy) is 1. The molecule has 7 nitrogen and oxygen atoms in total. The first kappa shape index (κ1) is 20.3. The summed E-state index contributed by atoms with van der Waals surface area (Å²) in [6, 6.07) is 8.86. The van der Waals surface area contributed by atoms with E-state index < -0.39 is 5.60 Å². The largest absolute Gasteiger partial charge is 0.444 e. The fourth-order valence-corrected chi connectivity index (χ4v) is 3.54. The zero-order chi connectivity index (χ0) is 20.1. The first-order chi connectivity index (χ1) is 13.3. The summed E-state index contributed by atoms with van der Waals surface area (Å²) in [7, 11) is 0. The number of hydrogen-bond acceptors (Lipinski definition) is 5. The molecule has 1 aliphatic rings. The standard InChI is InChI=1S/C21H31N5O2/c1-16(19-6-5-11-26(19)20(27)28-21(2,3)4)23-12-17-7-9-18(10-8-17)13-25-15-22-14-24-25/h7-10,14-16,19,23H,5-6,11-13H2,1-4H3/t16-,19-/m1/s1. The summed E-state index contributed by atoms with van der Waals surface area (Å²) >= 11 is 0. The average Bonchev–Trinajstić information content (AvgIpc) is 3.31. The Morgan fingerprint density at radius 3 is 2.64 bits per heavy atom. The maximum absolute atomic E-state index is 12.5. The predicted molar refractivity (Wildman–Crippen MR) is 108 cm³/mol. The molecule has 0 unspecified atom stereocenters. The van der Waals surface area contributed by atoms with Crippen LogP contribution < -0.4 is 5.32 Å². The fraction of sp³-hybridized carbons (Fsp3) is 0.571. The van der Waals surface area contributed by atoms with Gasteiger partial charge in [0.25, 0.3) is 0 Å². The minimum absolute atomic E-state index is 0.168. The monoisotopic (exact) mass is 385 g/mol. The van der Waals surface area contributed by atoms with Gasteiger partial charge in [-0.1, -0.05) is 24.3 Å². The first-order valence-electron chi connectivity index (χ1n) is 9.95. The summed E-state index contributed by atoms with van der Waals surface area (Å²) in [4.78, 5) is 18.3. The molecule has 0 radical (unpaired) electrons. The molecule has 2 aromatic rings. The molecule has 0 aliphatic carbocycles. The van der Waals surface area contributed by atoms with Gasteiger partial charge < -0.3 is 15.0 Å². The second-order valence-corrected chi connectivity index (χ2v) is 8.46. The zero-order valence-corrected chi connectivity index (χ0v) is 17.3. The highest BCUT2D eigenvalue weighted by molar-refractivity contribution is 5.69. The van der Waals surface area contributed by atoms with Crippen LogP contribution in [0.2, 0.25) is 0 Å². The molecule has 1 fully saturated rings.